The minimum atomic E-state index is -0.377. The Balaban J connectivity index is 2.82. The highest BCUT2D eigenvalue weighted by Gasteiger charge is 1.95. The highest BCUT2D eigenvalue weighted by Crippen LogP contribution is 2.15. The van der Waals surface area contributed by atoms with Crippen LogP contribution < -0.4 is 0 Å². The topological polar surface area (TPSA) is 17.1 Å². The Bertz CT molecular complexity index is 313. The fourth-order valence-electron chi connectivity index (χ4n) is 0.931. The van der Waals surface area contributed by atoms with Crippen molar-refractivity contribution < 1.29 is 9.18 Å². The second-order valence-corrected chi connectivity index (χ2v) is 2.94. The van der Waals surface area contributed by atoms with Gasteiger partial charge in [-0.15, -0.1) is 0 Å². The van der Waals surface area contributed by atoms with Gasteiger partial charge in [-0.3, -0.25) is 0 Å². The Kier molecular flexibility index (Phi) is 3.65. The van der Waals surface area contributed by atoms with E-state index in [0.717, 1.165) is 6.29 Å². The van der Waals surface area contributed by atoms with Crippen molar-refractivity contribution in [3.63, 3.8) is 0 Å². The number of hydrogen-bond donors (Lipinski definition) is 0. The van der Waals surface area contributed by atoms with Crippen molar-refractivity contribution >= 4 is 24.0 Å². The third-order valence-electron chi connectivity index (χ3n) is 1.43. The Labute approximate surface area is 80.8 Å². The van der Waals surface area contributed by atoms with Gasteiger partial charge in [-0.25, -0.2) is 4.39 Å². The minimum absolute atomic E-state index is 0.328. The van der Waals surface area contributed by atoms with Gasteiger partial charge in [0.1, 0.15) is 12.1 Å². The van der Waals surface area contributed by atoms with Crippen molar-refractivity contribution in [3.8, 4) is 0 Å². The molecule has 0 fully saturated rings. The van der Waals surface area contributed by atoms with E-state index in [-0.39, 0.29) is 5.82 Å². The first kappa shape index (κ1) is 9.93. The van der Waals surface area contributed by atoms with Crippen LogP contribution in [0.2, 0.25) is 5.02 Å². The summed E-state index contributed by atoms with van der Waals surface area (Å²) in [6.07, 6.45) is 4.41. The summed E-state index contributed by atoms with van der Waals surface area (Å²) in [5, 5.41) is 0.353. The molecule has 0 saturated carbocycles. The molecule has 0 aromatic heterocycles. The molecule has 0 saturated heterocycles. The molecule has 0 amide bonds. The van der Waals surface area contributed by atoms with Crippen LogP contribution in [0, 0.1) is 5.82 Å². The average Bonchev–Trinajstić information content (AvgIpc) is 2.03. The maximum absolute atomic E-state index is 12.7. The van der Waals surface area contributed by atoms with Crippen LogP contribution in [0.1, 0.15) is 12.0 Å². The van der Waals surface area contributed by atoms with Crippen molar-refractivity contribution in [1.29, 1.82) is 0 Å². The number of hydrogen-bond acceptors (Lipinski definition) is 1. The highest BCUT2D eigenvalue weighted by molar-refractivity contribution is 6.30. The predicted molar refractivity (Wildman–Crippen MR) is 51.1 cm³/mol. The van der Waals surface area contributed by atoms with Crippen molar-refractivity contribution in [2.45, 2.75) is 6.42 Å². The molecule has 0 heterocycles. The van der Waals surface area contributed by atoms with Gasteiger partial charge in [-0.05, 0) is 23.8 Å². The van der Waals surface area contributed by atoms with E-state index < -0.39 is 0 Å². The van der Waals surface area contributed by atoms with Crippen LogP contribution in [0.15, 0.2) is 24.3 Å². The lowest BCUT2D eigenvalue weighted by Crippen LogP contribution is -1.77. The van der Waals surface area contributed by atoms with E-state index in [4.69, 9.17) is 11.6 Å². The predicted octanol–water partition coefficient (Wildman–Crippen LogP) is 3.08. The first-order valence-electron chi connectivity index (χ1n) is 3.78. The third-order valence-corrected chi connectivity index (χ3v) is 1.65. The van der Waals surface area contributed by atoms with Crippen LogP contribution >= 0.6 is 11.6 Å². The molecule has 13 heavy (non-hydrogen) atoms. The normalized spacial score (nSPS) is 10.6. The standard InChI is InChI=1S/C10H8ClFO/c11-9-5-8(3-1-2-4-13)6-10(12)7-9/h1,3-7H,2H2. The number of carbonyl (C=O) groups is 1. The molecule has 0 aliphatic heterocycles. The molecule has 0 bridgehead atoms. The van der Waals surface area contributed by atoms with E-state index in [1.165, 1.54) is 12.1 Å². The van der Waals surface area contributed by atoms with Crippen LogP contribution in [-0.4, -0.2) is 6.29 Å². The zero-order valence-corrected chi connectivity index (χ0v) is 7.59. The first-order valence-corrected chi connectivity index (χ1v) is 4.16. The molecule has 1 rings (SSSR count). The Morgan fingerprint density at radius 2 is 2.15 bits per heavy atom. The maximum atomic E-state index is 12.7. The summed E-state index contributed by atoms with van der Waals surface area (Å²) < 4.78 is 12.7. The van der Waals surface area contributed by atoms with Gasteiger partial charge in [0.2, 0.25) is 0 Å². The number of aldehydes is 1. The molecule has 0 atom stereocenters. The van der Waals surface area contributed by atoms with Gasteiger partial charge in [0.15, 0.2) is 0 Å². The summed E-state index contributed by atoms with van der Waals surface area (Å²) in [6.45, 7) is 0. The molecule has 0 unspecified atom stereocenters. The Morgan fingerprint density at radius 3 is 2.77 bits per heavy atom. The second-order valence-electron chi connectivity index (χ2n) is 2.51. The Hall–Kier alpha value is -1.15. The van der Waals surface area contributed by atoms with Gasteiger partial charge in [0.25, 0.3) is 0 Å². The molecule has 1 nitrogen and oxygen atoms in total. The van der Waals surface area contributed by atoms with Crippen LogP contribution in [-0.2, 0) is 4.79 Å². The lowest BCUT2D eigenvalue weighted by Gasteiger charge is -1.95. The zero-order chi connectivity index (χ0) is 9.68. The fourth-order valence-corrected chi connectivity index (χ4v) is 1.16. The summed E-state index contributed by atoms with van der Waals surface area (Å²) in [6, 6.07) is 4.22. The third kappa shape index (κ3) is 3.38. The van der Waals surface area contributed by atoms with Gasteiger partial charge in [0, 0.05) is 11.4 Å². The van der Waals surface area contributed by atoms with Crippen molar-refractivity contribution in [2.24, 2.45) is 0 Å². The Morgan fingerprint density at radius 1 is 1.38 bits per heavy atom. The minimum Gasteiger partial charge on any atom is -0.303 e. The molecule has 1 aromatic carbocycles. The van der Waals surface area contributed by atoms with Gasteiger partial charge >= 0.3 is 0 Å². The molecule has 0 N–H and O–H groups in total. The van der Waals surface area contributed by atoms with E-state index in [1.807, 2.05) is 0 Å². The highest BCUT2D eigenvalue weighted by atomic mass is 35.5. The molecule has 0 aliphatic rings. The smallest absolute Gasteiger partial charge is 0.125 e. The molecular formula is C10H8ClFO. The molecule has 1 aromatic rings. The number of benzene rings is 1. The van der Waals surface area contributed by atoms with Gasteiger partial charge in [-0.1, -0.05) is 23.8 Å². The first-order chi connectivity index (χ1) is 6.22. The van der Waals surface area contributed by atoms with Crippen molar-refractivity contribution in [3.05, 3.63) is 40.7 Å². The number of halogens is 2. The molecule has 3 heteroatoms. The second kappa shape index (κ2) is 4.77. The monoisotopic (exact) mass is 198 g/mol. The van der Waals surface area contributed by atoms with Gasteiger partial charge in [-0.2, -0.15) is 0 Å². The van der Waals surface area contributed by atoms with E-state index in [9.17, 15) is 9.18 Å². The molecule has 0 spiro atoms. The average molecular weight is 199 g/mol. The van der Waals surface area contributed by atoms with Crippen LogP contribution in [0.4, 0.5) is 4.39 Å². The van der Waals surface area contributed by atoms with E-state index in [2.05, 4.69) is 0 Å². The van der Waals surface area contributed by atoms with E-state index >= 15 is 0 Å². The summed E-state index contributed by atoms with van der Waals surface area (Å²) in [5.41, 5.74) is 0.659. The van der Waals surface area contributed by atoms with E-state index in [0.29, 0.717) is 17.0 Å². The van der Waals surface area contributed by atoms with Crippen LogP contribution in [0.25, 0.3) is 6.08 Å². The largest absolute Gasteiger partial charge is 0.303 e. The lowest BCUT2D eigenvalue weighted by molar-refractivity contribution is -0.107. The molecular weight excluding hydrogens is 191 g/mol. The quantitative estimate of drug-likeness (QED) is 0.683. The molecule has 0 radical (unpaired) electrons. The fraction of sp³-hybridized carbons (Fsp3) is 0.100. The van der Waals surface area contributed by atoms with Gasteiger partial charge in [0.05, 0.1) is 0 Å². The van der Waals surface area contributed by atoms with Crippen LogP contribution in [0.3, 0.4) is 0 Å². The number of carbonyl (C=O) groups excluding carboxylic acids is 1. The van der Waals surface area contributed by atoms with Gasteiger partial charge < -0.3 is 4.79 Å². The summed E-state index contributed by atoms with van der Waals surface area (Å²) in [5.74, 6) is -0.377. The zero-order valence-electron chi connectivity index (χ0n) is 6.84. The molecule has 68 valence electrons. The summed E-state index contributed by atoms with van der Waals surface area (Å²) >= 11 is 5.62. The van der Waals surface area contributed by atoms with Crippen molar-refractivity contribution in [1.82, 2.24) is 0 Å². The number of allylic oxidation sites excluding steroid dienone is 1. The lowest BCUT2D eigenvalue weighted by atomic mass is 10.2. The summed E-state index contributed by atoms with van der Waals surface area (Å²) in [7, 11) is 0. The van der Waals surface area contributed by atoms with Crippen molar-refractivity contribution in [2.75, 3.05) is 0 Å². The molecule has 0 aliphatic carbocycles. The summed E-state index contributed by atoms with van der Waals surface area (Å²) in [4.78, 5) is 9.98. The van der Waals surface area contributed by atoms with Crippen LogP contribution in [0.5, 0.6) is 0 Å². The SMILES string of the molecule is O=CCC=Cc1cc(F)cc(Cl)c1. The number of rotatable bonds is 3. The maximum Gasteiger partial charge on any atom is 0.125 e. The van der Waals surface area contributed by atoms with E-state index in [1.54, 1.807) is 18.2 Å².